The van der Waals surface area contributed by atoms with Gasteiger partial charge < -0.3 is 0 Å². The van der Waals surface area contributed by atoms with Crippen LogP contribution in [-0.2, 0) is 5.41 Å². The lowest BCUT2D eigenvalue weighted by atomic mass is 9.63. The van der Waals surface area contributed by atoms with E-state index in [2.05, 4.69) is 105 Å². The Bertz CT molecular complexity index is 600. The average Bonchev–Trinajstić information content (AvgIpc) is 2.58. The van der Waals surface area contributed by atoms with E-state index in [4.69, 9.17) is 0 Å². The molecule has 0 saturated carbocycles. The highest BCUT2D eigenvalue weighted by Gasteiger charge is 2.43. The molecule has 3 aromatic rings. The van der Waals surface area contributed by atoms with Gasteiger partial charge >= 0.3 is 0 Å². The van der Waals surface area contributed by atoms with E-state index >= 15 is 0 Å². The highest BCUT2D eigenvalue weighted by molar-refractivity contribution is 5.51. The van der Waals surface area contributed by atoms with E-state index < -0.39 is 0 Å². The molecular formula is C22H21+. The molecule has 0 radical (unpaired) electrons. The third-order valence-corrected chi connectivity index (χ3v) is 4.43. The minimum absolute atomic E-state index is 0.194. The van der Waals surface area contributed by atoms with Crippen LogP contribution in [0.25, 0.3) is 0 Å². The summed E-state index contributed by atoms with van der Waals surface area (Å²) in [5.74, 6) is 0.194. The van der Waals surface area contributed by atoms with Gasteiger partial charge in [0.25, 0.3) is 0 Å². The fourth-order valence-electron chi connectivity index (χ4n) is 3.46. The molecule has 0 saturated heterocycles. The summed E-state index contributed by atoms with van der Waals surface area (Å²) in [6.07, 6.45) is 0. The maximum absolute atomic E-state index is 4.44. The molecule has 1 unspecified atom stereocenters. The molecule has 3 rings (SSSR count). The van der Waals surface area contributed by atoms with E-state index in [9.17, 15) is 0 Å². The first-order valence-electron chi connectivity index (χ1n) is 7.76. The Morgan fingerprint density at radius 3 is 1.09 bits per heavy atom. The highest BCUT2D eigenvalue weighted by atomic mass is 14.4. The van der Waals surface area contributed by atoms with Gasteiger partial charge in [0.2, 0.25) is 0 Å². The minimum atomic E-state index is -0.232. The Hall–Kier alpha value is -2.47. The molecule has 0 heteroatoms. The summed E-state index contributed by atoms with van der Waals surface area (Å²) in [6.45, 7) is 6.64. The van der Waals surface area contributed by atoms with Crippen molar-refractivity contribution in [2.24, 2.45) is 5.92 Å². The Kier molecular flexibility index (Phi) is 4.02. The Balaban J connectivity index is 2.34. The second kappa shape index (κ2) is 6.11. The third-order valence-electron chi connectivity index (χ3n) is 4.43. The van der Waals surface area contributed by atoms with Crippen LogP contribution in [0.1, 0.15) is 23.6 Å². The zero-order valence-electron chi connectivity index (χ0n) is 12.9. The van der Waals surface area contributed by atoms with Crippen LogP contribution in [-0.4, -0.2) is 0 Å². The van der Waals surface area contributed by atoms with Crippen LogP contribution in [0, 0.1) is 12.8 Å². The molecule has 0 heterocycles. The van der Waals surface area contributed by atoms with Crippen LogP contribution < -0.4 is 0 Å². The summed E-state index contributed by atoms with van der Waals surface area (Å²) in [7, 11) is 0. The van der Waals surface area contributed by atoms with Crippen molar-refractivity contribution in [3.63, 3.8) is 0 Å². The number of benzene rings is 3. The molecule has 22 heavy (non-hydrogen) atoms. The van der Waals surface area contributed by atoms with Gasteiger partial charge in [-0.2, -0.15) is 0 Å². The maximum Gasteiger partial charge on any atom is 0.110 e. The molecule has 0 aliphatic heterocycles. The lowest BCUT2D eigenvalue weighted by Crippen LogP contribution is -2.35. The van der Waals surface area contributed by atoms with Gasteiger partial charge in [-0.25, -0.2) is 0 Å². The van der Waals surface area contributed by atoms with Crippen LogP contribution in [0.5, 0.6) is 0 Å². The third kappa shape index (κ3) is 2.31. The Morgan fingerprint density at radius 2 is 0.864 bits per heavy atom. The molecule has 0 aliphatic rings. The molecule has 0 aromatic heterocycles. The summed E-state index contributed by atoms with van der Waals surface area (Å²) in [5, 5.41) is 0. The standard InChI is InChI=1S/C22H21/c1-18(2)22(19-12-6-3-7-13-19,20-14-8-4-9-15-20)21-16-10-5-11-17-21/h3-18H,1H2,2H3/q+1. The van der Waals surface area contributed by atoms with Gasteiger partial charge in [-0.1, -0.05) is 91.0 Å². The van der Waals surface area contributed by atoms with Crippen molar-refractivity contribution >= 4 is 0 Å². The number of hydrogen-bond acceptors (Lipinski definition) is 0. The van der Waals surface area contributed by atoms with Gasteiger partial charge in [-0.05, 0) is 23.6 Å². The maximum atomic E-state index is 4.44. The van der Waals surface area contributed by atoms with Crippen molar-refractivity contribution in [1.82, 2.24) is 0 Å². The van der Waals surface area contributed by atoms with E-state index in [1.165, 1.54) is 16.7 Å². The summed E-state index contributed by atoms with van der Waals surface area (Å²) >= 11 is 0. The second-order valence-electron chi connectivity index (χ2n) is 5.81. The normalized spacial score (nSPS) is 12.8. The SMILES string of the molecule is [CH2+]C(C)C(c1ccccc1)(c1ccccc1)c1ccccc1. The number of hydrogen-bond donors (Lipinski definition) is 0. The predicted octanol–water partition coefficient (Wildman–Crippen LogP) is 5.49. The lowest BCUT2D eigenvalue weighted by molar-refractivity contribution is 0.478. The van der Waals surface area contributed by atoms with Crippen LogP contribution in [0.4, 0.5) is 0 Å². The summed E-state index contributed by atoms with van der Waals surface area (Å²) in [5.41, 5.74) is 3.63. The first-order chi connectivity index (χ1) is 10.8. The topological polar surface area (TPSA) is 0 Å². The molecule has 0 aliphatic carbocycles. The van der Waals surface area contributed by atoms with Gasteiger partial charge in [-0.3, -0.25) is 0 Å². The van der Waals surface area contributed by atoms with Crippen LogP contribution in [0.2, 0.25) is 0 Å². The summed E-state index contributed by atoms with van der Waals surface area (Å²) in [4.78, 5) is 0. The van der Waals surface area contributed by atoms with Crippen molar-refractivity contribution < 1.29 is 0 Å². The van der Waals surface area contributed by atoms with Crippen molar-refractivity contribution in [2.45, 2.75) is 12.3 Å². The zero-order chi connectivity index (χ0) is 15.4. The van der Waals surface area contributed by atoms with E-state index in [-0.39, 0.29) is 11.3 Å². The molecule has 0 nitrogen and oxygen atoms in total. The Labute approximate surface area is 133 Å². The summed E-state index contributed by atoms with van der Waals surface area (Å²) < 4.78 is 0. The molecular weight excluding hydrogens is 264 g/mol. The predicted molar refractivity (Wildman–Crippen MR) is 93.7 cm³/mol. The molecule has 3 aromatic carbocycles. The first-order valence-corrected chi connectivity index (χ1v) is 7.76. The minimum Gasteiger partial charge on any atom is -0.0622 e. The van der Waals surface area contributed by atoms with Crippen molar-refractivity contribution in [3.05, 3.63) is 115 Å². The molecule has 0 bridgehead atoms. The molecule has 0 spiro atoms. The Morgan fingerprint density at radius 1 is 0.591 bits per heavy atom. The van der Waals surface area contributed by atoms with Gasteiger partial charge in [0.15, 0.2) is 0 Å². The fourth-order valence-corrected chi connectivity index (χ4v) is 3.46. The van der Waals surface area contributed by atoms with Gasteiger partial charge in [0, 0.05) is 0 Å². The van der Waals surface area contributed by atoms with E-state index in [0.717, 1.165) is 0 Å². The van der Waals surface area contributed by atoms with Gasteiger partial charge in [0.1, 0.15) is 5.92 Å². The second-order valence-corrected chi connectivity index (χ2v) is 5.81. The van der Waals surface area contributed by atoms with Crippen molar-refractivity contribution in [1.29, 1.82) is 0 Å². The van der Waals surface area contributed by atoms with Crippen LogP contribution >= 0.6 is 0 Å². The largest absolute Gasteiger partial charge is 0.110 e. The zero-order valence-corrected chi connectivity index (χ0v) is 12.9. The average molecular weight is 285 g/mol. The fraction of sp³-hybridized carbons (Fsp3) is 0.136. The molecule has 0 N–H and O–H groups in total. The van der Waals surface area contributed by atoms with Crippen molar-refractivity contribution in [2.75, 3.05) is 0 Å². The van der Waals surface area contributed by atoms with E-state index in [1.807, 2.05) is 0 Å². The van der Waals surface area contributed by atoms with Gasteiger partial charge in [0.05, 0.1) is 12.3 Å². The van der Waals surface area contributed by atoms with Crippen molar-refractivity contribution in [3.8, 4) is 0 Å². The van der Waals surface area contributed by atoms with Crippen LogP contribution in [0.15, 0.2) is 91.0 Å². The monoisotopic (exact) mass is 285 g/mol. The summed E-state index contributed by atoms with van der Waals surface area (Å²) in [6, 6.07) is 32.1. The quantitative estimate of drug-likeness (QED) is 0.439. The molecule has 0 amide bonds. The van der Waals surface area contributed by atoms with Crippen LogP contribution in [0.3, 0.4) is 0 Å². The van der Waals surface area contributed by atoms with Gasteiger partial charge in [-0.15, -0.1) is 0 Å². The molecule has 1 atom stereocenters. The highest BCUT2D eigenvalue weighted by Crippen LogP contribution is 2.44. The molecule has 0 fully saturated rings. The smallest absolute Gasteiger partial charge is 0.0622 e. The van der Waals surface area contributed by atoms with E-state index in [0.29, 0.717) is 0 Å². The lowest BCUT2D eigenvalue weighted by Gasteiger charge is -2.36. The first kappa shape index (κ1) is 14.5. The molecule has 108 valence electrons. The number of rotatable bonds is 4. The van der Waals surface area contributed by atoms with E-state index in [1.54, 1.807) is 0 Å².